The van der Waals surface area contributed by atoms with Crippen LogP contribution < -0.4 is 9.80 Å². The minimum atomic E-state index is -0.0412. The van der Waals surface area contributed by atoms with Crippen LogP contribution in [0.25, 0.3) is 0 Å². The van der Waals surface area contributed by atoms with Gasteiger partial charge in [0.25, 0.3) is 0 Å². The predicted molar refractivity (Wildman–Crippen MR) is 101 cm³/mol. The molecule has 0 N–H and O–H groups in total. The molecule has 0 aromatic carbocycles. The van der Waals surface area contributed by atoms with Gasteiger partial charge in [-0.05, 0) is 18.9 Å². The van der Waals surface area contributed by atoms with Crippen LogP contribution in [0.5, 0.6) is 0 Å². The first-order valence-corrected chi connectivity index (χ1v) is 9.01. The quantitative estimate of drug-likeness (QED) is 0.836. The zero-order chi connectivity index (χ0) is 18.0. The van der Waals surface area contributed by atoms with Crippen molar-refractivity contribution in [3.05, 3.63) is 35.5 Å². The monoisotopic (exact) mass is 360 g/mol. The van der Waals surface area contributed by atoms with Crippen LogP contribution in [0.2, 0.25) is 5.02 Å². The van der Waals surface area contributed by atoms with Gasteiger partial charge in [-0.15, -0.1) is 0 Å². The van der Waals surface area contributed by atoms with Gasteiger partial charge in [-0.2, -0.15) is 0 Å². The van der Waals surface area contributed by atoms with Gasteiger partial charge in [0, 0.05) is 37.8 Å². The van der Waals surface area contributed by atoms with Crippen molar-refractivity contribution in [2.24, 2.45) is 0 Å². The molecular formula is C18H25ClN6. The number of piperidine rings is 1. The van der Waals surface area contributed by atoms with Gasteiger partial charge in [-0.3, -0.25) is 0 Å². The molecule has 7 heteroatoms. The van der Waals surface area contributed by atoms with E-state index >= 15 is 0 Å². The van der Waals surface area contributed by atoms with E-state index in [4.69, 9.17) is 16.6 Å². The average Bonchev–Trinajstić information content (AvgIpc) is 2.61. The fraction of sp³-hybridized carbons (Fsp3) is 0.556. The second-order valence-electron chi connectivity index (χ2n) is 7.52. The Morgan fingerprint density at radius 2 is 1.76 bits per heavy atom. The normalized spacial score (nSPS) is 16.1. The van der Waals surface area contributed by atoms with E-state index in [9.17, 15) is 0 Å². The number of nitrogens with zero attached hydrogens (tertiary/aromatic N) is 6. The molecule has 1 fully saturated rings. The summed E-state index contributed by atoms with van der Waals surface area (Å²) in [6, 6.07) is 2.42. The maximum absolute atomic E-state index is 5.87. The number of hydrogen-bond acceptors (Lipinski definition) is 6. The zero-order valence-corrected chi connectivity index (χ0v) is 16.0. The lowest BCUT2D eigenvalue weighted by atomic mass is 9.96. The standard InChI is InChI=1S/C18H25ClN6/c1-18(2,3)16-20-8-5-15(23-16)25-9-6-14(7-10-25)24(4)17-21-11-13(19)12-22-17/h5,8,11-12,14H,6-7,9-10H2,1-4H3. The third kappa shape index (κ3) is 4.18. The molecule has 0 atom stereocenters. The summed E-state index contributed by atoms with van der Waals surface area (Å²) < 4.78 is 0. The molecule has 2 aromatic heterocycles. The highest BCUT2D eigenvalue weighted by Gasteiger charge is 2.25. The van der Waals surface area contributed by atoms with E-state index in [0.29, 0.717) is 11.1 Å². The van der Waals surface area contributed by atoms with Crippen LogP contribution in [-0.4, -0.2) is 46.1 Å². The van der Waals surface area contributed by atoms with Crippen LogP contribution in [0, 0.1) is 0 Å². The fourth-order valence-corrected chi connectivity index (χ4v) is 3.12. The van der Waals surface area contributed by atoms with Crippen molar-refractivity contribution in [3.8, 4) is 0 Å². The second kappa shape index (κ2) is 7.12. The van der Waals surface area contributed by atoms with Gasteiger partial charge in [0.2, 0.25) is 5.95 Å². The van der Waals surface area contributed by atoms with Crippen LogP contribution in [-0.2, 0) is 5.41 Å². The van der Waals surface area contributed by atoms with Gasteiger partial charge in [-0.1, -0.05) is 32.4 Å². The third-order valence-electron chi connectivity index (χ3n) is 4.57. The Kier molecular flexibility index (Phi) is 5.08. The van der Waals surface area contributed by atoms with E-state index < -0.39 is 0 Å². The first-order chi connectivity index (χ1) is 11.8. The summed E-state index contributed by atoms with van der Waals surface area (Å²) in [6.45, 7) is 8.34. The smallest absolute Gasteiger partial charge is 0.225 e. The Balaban J connectivity index is 1.65. The minimum Gasteiger partial charge on any atom is -0.356 e. The highest BCUT2D eigenvalue weighted by atomic mass is 35.5. The van der Waals surface area contributed by atoms with Gasteiger partial charge in [0.05, 0.1) is 17.4 Å². The molecule has 0 bridgehead atoms. The Bertz CT molecular complexity index is 704. The average molecular weight is 361 g/mol. The van der Waals surface area contributed by atoms with Crippen LogP contribution in [0.15, 0.2) is 24.7 Å². The van der Waals surface area contributed by atoms with Gasteiger partial charge in [-0.25, -0.2) is 19.9 Å². The number of halogens is 1. The topological polar surface area (TPSA) is 58.0 Å². The Morgan fingerprint density at radius 1 is 1.12 bits per heavy atom. The fourth-order valence-electron chi connectivity index (χ4n) is 3.02. The molecule has 3 heterocycles. The molecule has 6 nitrogen and oxygen atoms in total. The van der Waals surface area contributed by atoms with Crippen LogP contribution in [0.3, 0.4) is 0 Å². The molecule has 1 aliphatic heterocycles. The summed E-state index contributed by atoms with van der Waals surface area (Å²) in [4.78, 5) is 22.3. The molecule has 0 amide bonds. The van der Waals surface area contributed by atoms with Crippen molar-refractivity contribution in [1.82, 2.24) is 19.9 Å². The van der Waals surface area contributed by atoms with Crippen LogP contribution in [0.1, 0.15) is 39.4 Å². The number of aromatic nitrogens is 4. The van der Waals surface area contributed by atoms with Crippen molar-refractivity contribution in [2.45, 2.75) is 45.1 Å². The molecule has 2 aromatic rings. The number of anilines is 2. The zero-order valence-electron chi connectivity index (χ0n) is 15.3. The summed E-state index contributed by atoms with van der Waals surface area (Å²) in [5.74, 6) is 2.63. The number of rotatable bonds is 3. The van der Waals surface area contributed by atoms with E-state index in [1.807, 2.05) is 19.3 Å². The first kappa shape index (κ1) is 17.9. The van der Waals surface area contributed by atoms with Crippen molar-refractivity contribution >= 4 is 23.4 Å². The molecule has 25 heavy (non-hydrogen) atoms. The van der Waals surface area contributed by atoms with Crippen molar-refractivity contribution in [3.63, 3.8) is 0 Å². The van der Waals surface area contributed by atoms with Crippen molar-refractivity contribution in [1.29, 1.82) is 0 Å². The largest absolute Gasteiger partial charge is 0.356 e. The predicted octanol–water partition coefficient (Wildman–Crippen LogP) is 3.32. The SMILES string of the molecule is CN(c1ncc(Cl)cn1)C1CCN(c2ccnc(C(C)(C)C)n2)CC1. The lowest BCUT2D eigenvalue weighted by Gasteiger charge is -2.37. The van der Waals surface area contributed by atoms with E-state index in [2.05, 4.69) is 45.5 Å². The summed E-state index contributed by atoms with van der Waals surface area (Å²) >= 11 is 5.87. The Labute approximate surface area is 154 Å². The van der Waals surface area contributed by atoms with E-state index in [1.54, 1.807) is 12.4 Å². The molecule has 1 saturated heterocycles. The van der Waals surface area contributed by atoms with Crippen molar-refractivity contribution < 1.29 is 0 Å². The maximum Gasteiger partial charge on any atom is 0.225 e. The van der Waals surface area contributed by atoms with Crippen LogP contribution in [0.4, 0.5) is 11.8 Å². The van der Waals surface area contributed by atoms with Gasteiger partial charge >= 0.3 is 0 Å². The summed E-state index contributed by atoms with van der Waals surface area (Å²) in [6.07, 6.45) is 7.23. The molecule has 0 unspecified atom stereocenters. The summed E-state index contributed by atoms with van der Waals surface area (Å²) in [7, 11) is 2.05. The number of hydrogen-bond donors (Lipinski definition) is 0. The van der Waals surface area contributed by atoms with Crippen LogP contribution >= 0.6 is 11.6 Å². The van der Waals surface area contributed by atoms with E-state index in [0.717, 1.165) is 43.5 Å². The van der Waals surface area contributed by atoms with E-state index in [-0.39, 0.29) is 5.41 Å². The maximum atomic E-state index is 5.87. The molecule has 0 spiro atoms. The molecule has 0 saturated carbocycles. The summed E-state index contributed by atoms with van der Waals surface area (Å²) in [5, 5.41) is 0.561. The minimum absolute atomic E-state index is 0.0412. The third-order valence-corrected chi connectivity index (χ3v) is 4.77. The van der Waals surface area contributed by atoms with Gasteiger partial charge < -0.3 is 9.80 Å². The molecular weight excluding hydrogens is 336 g/mol. The lowest BCUT2D eigenvalue weighted by Crippen LogP contribution is -2.44. The molecule has 1 aliphatic rings. The highest BCUT2D eigenvalue weighted by Crippen LogP contribution is 2.25. The summed E-state index contributed by atoms with van der Waals surface area (Å²) in [5.41, 5.74) is -0.0412. The Morgan fingerprint density at radius 3 is 2.36 bits per heavy atom. The molecule has 134 valence electrons. The van der Waals surface area contributed by atoms with Gasteiger partial charge in [0.1, 0.15) is 11.6 Å². The first-order valence-electron chi connectivity index (χ1n) is 8.63. The Hall–Kier alpha value is -1.95. The highest BCUT2D eigenvalue weighted by molar-refractivity contribution is 6.30. The van der Waals surface area contributed by atoms with E-state index in [1.165, 1.54) is 0 Å². The molecule has 0 radical (unpaired) electrons. The van der Waals surface area contributed by atoms with Crippen molar-refractivity contribution in [2.75, 3.05) is 29.9 Å². The second-order valence-corrected chi connectivity index (χ2v) is 7.96. The molecule has 0 aliphatic carbocycles. The van der Waals surface area contributed by atoms with Gasteiger partial charge in [0.15, 0.2) is 0 Å². The lowest BCUT2D eigenvalue weighted by molar-refractivity contribution is 0.472. The molecule has 3 rings (SSSR count).